The molecule has 2 unspecified atom stereocenters. The van der Waals surface area contributed by atoms with E-state index in [0.717, 1.165) is 36.9 Å². The number of hydrogen-bond acceptors (Lipinski definition) is 3. The Bertz CT molecular complexity index is 466. The lowest BCUT2D eigenvalue weighted by molar-refractivity contribution is -0.122. The minimum absolute atomic E-state index is 0.100. The van der Waals surface area contributed by atoms with Gasteiger partial charge < -0.3 is 11.1 Å². The van der Waals surface area contributed by atoms with E-state index in [4.69, 9.17) is 5.73 Å². The van der Waals surface area contributed by atoms with Gasteiger partial charge in [-0.15, -0.1) is 0 Å². The first kappa shape index (κ1) is 14.0. The van der Waals surface area contributed by atoms with Crippen molar-refractivity contribution in [3.05, 3.63) is 23.4 Å². The predicted octanol–water partition coefficient (Wildman–Crippen LogP) is 2.54. The van der Waals surface area contributed by atoms with Crippen LogP contribution in [0.15, 0.2) is 12.1 Å². The number of aromatic nitrogens is 1. The van der Waals surface area contributed by atoms with Crippen molar-refractivity contribution in [1.29, 1.82) is 0 Å². The predicted molar refractivity (Wildman–Crippen MR) is 76.9 cm³/mol. The Balaban J connectivity index is 2.11. The lowest BCUT2D eigenvalue weighted by atomic mass is 9.76. The Morgan fingerprint density at radius 1 is 1.47 bits per heavy atom. The van der Waals surface area contributed by atoms with Crippen LogP contribution >= 0.6 is 0 Å². The molecule has 4 nitrogen and oxygen atoms in total. The van der Waals surface area contributed by atoms with Crippen molar-refractivity contribution in [3.63, 3.8) is 0 Å². The molecule has 104 valence electrons. The Hall–Kier alpha value is -1.42. The highest BCUT2D eigenvalue weighted by atomic mass is 16.2. The minimum Gasteiger partial charge on any atom is -0.317 e. The summed E-state index contributed by atoms with van der Waals surface area (Å²) in [5.41, 5.74) is 7.53. The molecule has 3 N–H and O–H groups in total. The van der Waals surface area contributed by atoms with E-state index < -0.39 is 5.54 Å². The zero-order valence-corrected chi connectivity index (χ0v) is 12.0. The number of amides is 1. The maximum absolute atomic E-state index is 12.4. The number of rotatable bonds is 2. The van der Waals surface area contributed by atoms with Crippen molar-refractivity contribution in [2.75, 3.05) is 5.32 Å². The number of anilines is 1. The van der Waals surface area contributed by atoms with Gasteiger partial charge in [-0.2, -0.15) is 0 Å². The molecule has 4 heteroatoms. The molecule has 0 saturated heterocycles. The van der Waals surface area contributed by atoms with E-state index in [2.05, 4.69) is 17.2 Å². The van der Waals surface area contributed by atoms with Gasteiger partial charge in [-0.3, -0.25) is 4.79 Å². The molecule has 1 aromatic heterocycles. The summed E-state index contributed by atoms with van der Waals surface area (Å²) in [7, 11) is 0. The van der Waals surface area contributed by atoms with E-state index in [-0.39, 0.29) is 5.91 Å². The molecular weight excluding hydrogens is 238 g/mol. The molecule has 1 saturated carbocycles. The molecule has 0 aliphatic heterocycles. The number of nitrogens with one attached hydrogen (secondary N) is 1. The number of nitrogens with two attached hydrogens (primary N) is 1. The van der Waals surface area contributed by atoms with Gasteiger partial charge >= 0.3 is 0 Å². The summed E-state index contributed by atoms with van der Waals surface area (Å²) in [6.45, 7) is 6.07. The number of aryl methyl sites for hydroxylation is 2. The molecule has 0 bridgehead atoms. The highest BCUT2D eigenvalue weighted by Crippen LogP contribution is 2.31. The molecule has 1 aliphatic rings. The standard InChI is InChI=1S/C15H23N3O/c1-10-5-4-6-15(16,9-10)14(19)18-13-8-11(2)7-12(3)17-13/h7-8,10H,4-6,9,16H2,1-3H3,(H,17,18,19). The second-order valence-corrected chi connectivity index (χ2v) is 5.98. The van der Waals surface area contributed by atoms with Crippen molar-refractivity contribution in [2.45, 2.75) is 52.0 Å². The highest BCUT2D eigenvalue weighted by Gasteiger charge is 2.38. The van der Waals surface area contributed by atoms with Crippen LogP contribution in [0.3, 0.4) is 0 Å². The maximum Gasteiger partial charge on any atom is 0.245 e. The molecule has 1 heterocycles. The van der Waals surface area contributed by atoms with Crippen molar-refractivity contribution in [3.8, 4) is 0 Å². The molecule has 1 fully saturated rings. The van der Waals surface area contributed by atoms with Crippen molar-refractivity contribution < 1.29 is 4.79 Å². The van der Waals surface area contributed by atoms with Gasteiger partial charge in [0.25, 0.3) is 0 Å². The van der Waals surface area contributed by atoms with E-state index in [1.54, 1.807) is 0 Å². The van der Waals surface area contributed by atoms with Gasteiger partial charge in [0, 0.05) is 5.69 Å². The van der Waals surface area contributed by atoms with E-state index in [0.29, 0.717) is 11.7 Å². The number of nitrogens with zero attached hydrogens (tertiary/aromatic N) is 1. The zero-order chi connectivity index (χ0) is 14.0. The SMILES string of the molecule is Cc1cc(C)nc(NC(=O)C2(N)CCCC(C)C2)c1. The van der Waals surface area contributed by atoms with Gasteiger partial charge in [0.2, 0.25) is 5.91 Å². The van der Waals surface area contributed by atoms with Gasteiger partial charge in [0.15, 0.2) is 0 Å². The normalized spacial score (nSPS) is 27.1. The number of carbonyl (C=O) groups excluding carboxylic acids is 1. The van der Waals surface area contributed by atoms with Crippen LogP contribution < -0.4 is 11.1 Å². The average molecular weight is 261 g/mol. The Labute approximate surface area is 114 Å². The summed E-state index contributed by atoms with van der Waals surface area (Å²) in [5.74, 6) is 1.01. The molecule has 0 radical (unpaired) electrons. The van der Waals surface area contributed by atoms with E-state index >= 15 is 0 Å². The second-order valence-electron chi connectivity index (χ2n) is 5.98. The lowest BCUT2D eigenvalue weighted by Crippen LogP contribution is -2.53. The van der Waals surface area contributed by atoms with Crippen LogP contribution in [0.25, 0.3) is 0 Å². The molecule has 1 amide bonds. The van der Waals surface area contributed by atoms with Gasteiger partial charge in [-0.1, -0.05) is 19.8 Å². The van der Waals surface area contributed by atoms with Crippen LogP contribution in [-0.4, -0.2) is 16.4 Å². The van der Waals surface area contributed by atoms with Gasteiger partial charge in [-0.25, -0.2) is 4.98 Å². The molecule has 19 heavy (non-hydrogen) atoms. The van der Waals surface area contributed by atoms with Crippen LogP contribution in [0.2, 0.25) is 0 Å². The van der Waals surface area contributed by atoms with Crippen molar-refractivity contribution in [2.24, 2.45) is 11.7 Å². The summed E-state index contributed by atoms with van der Waals surface area (Å²) in [5, 5.41) is 2.88. The molecule has 0 aromatic carbocycles. The largest absolute Gasteiger partial charge is 0.317 e. The first-order valence-corrected chi connectivity index (χ1v) is 6.95. The first-order valence-electron chi connectivity index (χ1n) is 6.95. The third-order valence-corrected chi connectivity index (χ3v) is 3.82. The van der Waals surface area contributed by atoms with E-state index in [1.165, 1.54) is 0 Å². The fourth-order valence-corrected chi connectivity index (χ4v) is 2.94. The minimum atomic E-state index is -0.739. The van der Waals surface area contributed by atoms with E-state index in [9.17, 15) is 4.79 Å². The monoisotopic (exact) mass is 261 g/mol. The molecule has 1 aromatic rings. The fourth-order valence-electron chi connectivity index (χ4n) is 2.94. The van der Waals surface area contributed by atoms with Crippen LogP contribution in [0.1, 0.15) is 43.9 Å². The summed E-state index contributed by atoms with van der Waals surface area (Å²) in [4.78, 5) is 16.7. The summed E-state index contributed by atoms with van der Waals surface area (Å²) >= 11 is 0. The Morgan fingerprint density at radius 2 is 2.21 bits per heavy atom. The topological polar surface area (TPSA) is 68.0 Å². The van der Waals surface area contributed by atoms with E-state index in [1.807, 2.05) is 26.0 Å². The number of hydrogen-bond donors (Lipinski definition) is 2. The average Bonchev–Trinajstić information content (AvgIpc) is 2.26. The van der Waals surface area contributed by atoms with Crippen LogP contribution in [-0.2, 0) is 4.79 Å². The Morgan fingerprint density at radius 3 is 2.84 bits per heavy atom. The smallest absolute Gasteiger partial charge is 0.245 e. The quantitative estimate of drug-likeness (QED) is 0.859. The number of carbonyl (C=O) groups is 1. The molecular formula is C15H23N3O. The maximum atomic E-state index is 12.4. The first-order chi connectivity index (χ1) is 8.89. The molecule has 0 spiro atoms. The van der Waals surface area contributed by atoms with Gasteiger partial charge in [-0.05, 0) is 50.3 Å². The molecule has 2 atom stereocenters. The van der Waals surface area contributed by atoms with Crippen molar-refractivity contribution >= 4 is 11.7 Å². The van der Waals surface area contributed by atoms with Crippen LogP contribution in [0, 0.1) is 19.8 Å². The third kappa shape index (κ3) is 3.32. The van der Waals surface area contributed by atoms with Crippen LogP contribution in [0.5, 0.6) is 0 Å². The summed E-state index contributed by atoms with van der Waals surface area (Å²) in [6.07, 6.45) is 3.69. The summed E-state index contributed by atoms with van der Waals surface area (Å²) < 4.78 is 0. The van der Waals surface area contributed by atoms with Gasteiger partial charge in [0.1, 0.15) is 5.82 Å². The number of pyridine rings is 1. The van der Waals surface area contributed by atoms with Crippen LogP contribution in [0.4, 0.5) is 5.82 Å². The molecule has 1 aliphatic carbocycles. The fraction of sp³-hybridized carbons (Fsp3) is 0.600. The Kier molecular flexibility index (Phi) is 3.90. The second kappa shape index (κ2) is 5.29. The third-order valence-electron chi connectivity index (χ3n) is 3.82. The molecule has 2 rings (SSSR count). The van der Waals surface area contributed by atoms with Gasteiger partial charge in [0.05, 0.1) is 5.54 Å². The summed E-state index contributed by atoms with van der Waals surface area (Å²) in [6, 6.07) is 3.86. The highest BCUT2D eigenvalue weighted by molar-refractivity contribution is 5.97. The van der Waals surface area contributed by atoms with Crippen molar-refractivity contribution in [1.82, 2.24) is 4.98 Å². The zero-order valence-electron chi connectivity index (χ0n) is 12.0. The lowest BCUT2D eigenvalue weighted by Gasteiger charge is -2.35.